The van der Waals surface area contributed by atoms with Gasteiger partial charge in [0.2, 0.25) is 0 Å². The van der Waals surface area contributed by atoms with E-state index in [0.29, 0.717) is 26.4 Å². The van der Waals surface area contributed by atoms with Gasteiger partial charge in [0, 0.05) is 6.07 Å². The fourth-order valence-corrected chi connectivity index (χ4v) is 4.04. The van der Waals surface area contributed by atoms with Gasteiger partial charge < -0.3 is 9.47 Å². The van der Waals surface area contributed by atoms with Crippen LogP contribution in [0.3, 0.4) is 0 Å². The van der Waals surface area contributed by atoms with Crippen molar-refractivity contribution in [3.05, 3.63) is 70.6 Å². The highest BCUT2D eigenvalue weighted by molar-refractivity contribution is 8.27. The molecule has 0 saturated carbocycles. The van der Waals surface area contributed by atoms with Gasteiger partial charge in [0.25, 0.3) is 5.91 Å². The van der Waals surface area contributed by atoms with Crippen molar-refractivity contribution in [3.8, 4) is 11.5 Å². The van der Waals surface area contributed by atoms with Gasteiger partial charge in [-0.05, 0) is 36.3 Å². The Labute approximate surface area is 168 Å². The SMILES string of the molecule is COc1ccc(N2C(=O)/C(=C/C(C)=C/c3ccccc3)SC2=S)c(OC)c1. The van der Waals surface area contributed by atoms with Crippen molar-refractivity contribution in [1.29, 1.82) is 0 Å². The molecular formula is C21H19NO3S2. The molecule has 4 nitrogen and oxygen atoms in total. The summed E-state index contributed by atoms with van der Waals surface area (Å²) >= 11 is 6.73. The summed E-state index contributed by atoms with van der Waals surface area (Å²) in [6, 6.07) is 15.3. The highest BCUT2D eigenvalue weighted by atomic mass is 32.2. The van der Waals surface area contributed by atoms with Crippen molar-refractivity contribution in [3.63, 3.8) is 0 Å². The van der Waals surface area contributed by atoms with Crippen LogP contribution in [0.1, 0.15) is 12.5 Å². The molecule has 2 aromatic carbocycles. The molecule has 1 fully saturated rings. The van der Waals surface area contributed by atoms with Crippen molar-refractivity contribution in [1.82, 2.24) is 0 Å². The van der Waals surface area contributed by atoms with E-state index in [1.165, 1.54) is 16.7 Å². The molecule has 2 aromatic rings. The summed E-state index contributed by atoms with van der Waals surface area (Å²) in [5, 5.41) is 0. The quantitative estimate of drug-likeness (QED) is 0.521. The highest BCUT2D eigenvalue weighted by Gasteiger charge is 2.35. The van der Waals surface area contributed by atoms with Gasteiger partial charge in [-0.15, -0.1) is 0 Å². The second-order valence-corrected chi connectivity index (χ2v) is 7.53. The summed E-state index contributed by atoms with van der Waals surface area (Å²) in [6.07, 6.45) is 3.89. The molecule has 138 valence electrons. The first kappa shape index (κ1) is 19.2. The van der Waals surface area contributed by atoms with Crippen LogP contribution in [-0.2, 0) is 4.79 Å². The van der Waals surface area contributed by atoms with E-state index >= 15 is 0 Å². The van der Waals surface area contributed by atoms with Crippen molar-refractivity contribution < 1.29 is 14.3 Å². The standard InChI is InChI=1S/C21H19NO3S2/c1-14(11-15-7-5-4-6-8-15)12-19-20(23)22(21(26)27-19)17-10-9-16(24-2)13-18(17)25-3/h4-13H,1-3H3/b14-11+,19-12-. The minimum atomic E-state index is -0.158. The lowest BCUT2D eigenvalue weighted by Gasteiger charge is -2.18. The van der Waals surface area contributed by atoms with Crippen molar-refractivity contribution in [2.75, 3.05) is 19.1 Å². The zero-order valence-electron chi connectivity index (χ0n) is 15.3. The van der Waals surface area contributed by atoms with Gasteiger partial charge >= 0.3 is 0 Å². The first-order valence-electron chi connectivity index (χ1n) is 8.27. The number of benzene rings is 2. The maximum absolute atomic E-state index is 13.0. The van der Waals surface area contributed by atoms with E-state index in [0.717, 1.165) is 11.1 Å². The molecule has 0 N–H and O–H groups in total. The third-order valence-electron chi connectivity index (χ3n) is 3.97. The lowest BCUT2D eigenvalue weighted by atomic mass is 10.1. The largest absolute Gasteiger partial charge is 0.497 e. The van der Waals surface area contributed by atoms with Gasteiger partial charge in [0.15, 0.2) is 4.32 Å². The third kappa shape index (κ3) is 4.23. The van der Waals surface area contributed by atoms with E-state index < -0.39 is 0 Å². The summed E-state index contributed by atoms with van der Waals surface area (Å²) < 4.78 is 11.1. The first-order valence-corrected chi connectivity index (χ1v) is 9.49. The normalized spacial score (nSPS) is 16.2. The van der Waals surface area contributed by atoms with Gasteiger partial charge in [-0.1, -0.05) is 60.4 Å². The summed E-state index contributed by atoms with van der Waals surface area (Å²) in [7, 11) is 3.14. The van der Waals surface area contributed by atoms with E-state index in [9.17, 15) is 4.79 Å². The number of carbonyl (C=O) groups is 1. The molecule has 3 rings (SSSR count). The average molecular weight is 398 g/mol. The summed E-state index contributed by atoms with van der Waals surface area (Å²) in [5.41, 5.74) is 2.66. The van der Waals surface area contributed by atoms with Gasteiger partial charge in [0.05, 0.1) is 24.8 Å². The van der Waals surface area contributed by atoms with Crippen LogP contribution in [0.4, 0.5) is 5.69 Å². The van der Waals surface area contributed by atoms with Gasteiger partial charge in [-0.2, -0.15) is 0 Å². The number of hydrogen-bond donors (Lipinski definition) is 0. The Hall–Kier alpha value is -2.57. The van der Waals surface area contributed by atoms with Crippen LogP contribution in [0.15, 0.2) is 65.1 Å². The lowest BCUT2D eigenvalue weighted by molar-refractivity contribution is -0.113. The molecule has 1 aliphatic heterocycles. The summed E-state index contributed by atoms with van der Waals surface area (Å²) in [4.78, 5) is 15.0. The predicted molar refractivity (Wildman–Crippen MR) is 115 cm³/mol. The minimum absolute atomic E-state index is 0.158. The molecule has 0 bridgehead atoms. The van der Waals surface area contributed by atoms with Crippen LogP contribution >= 0.6 is 24.0 Å². The van der Waals surface area contributed by atoms with Gasteiger partial charge in [-0.3, -0.25) is 9.69 Å². The minimum Gasteiger partial charge on any atom is -0.497 e. The predicted octanol–water partition coefficient (Wildman–Crippen LogP) is 5.06. The van der Waals surface area contributed by atoms with Crippen LogP contribution < -0.4 is 14.4 Å². The zero-order chi connectivity index (χ0) is 19.4. The topological polar surface area (TPSA) is 38.8 Å². The molecule has 1 amide bonds. The maximum atomic E-state index is 13.0. The van der Waals surface area contributed by atoms with E-state index in [1.807, 2.05) is 49.4 Å². The third-order valence-corrected chi connectivity index (χ3v) is 5.28. The molecule has 0 radical (unpaired) electrons. The number of thiocarbonyl (C=S) groups is 1. The Bertz CT molecular complexity index is 936. The number of ether oxygens (including phenoxy) is 2. The number of allylic oxidation sites excluding steroid dienone is 2. The second-order valence-electron chi connectivity index (χ2n) is 5.85. The van der Waals surface area contributed by atoms with Crippen LogP contribution in [0.5, 0.6) is 11.5 Å². The van der Waals surface area contributed by atoms with Gasteiger partial charge in [0.1, 0.15) is 11.5 Å². The molecule has 1 heterocycles. The number of methoxy groups -OCH3 is 2. The molecule has 0 aromatic heterocycles. The summed E-state index contributed by atoms with van der Waals surface area (Å²) in [5.74, 6) is 1.02. The number of carbonyl (C=O) groups excluding carboxylic acids is 1. The molecule has 0 atom stereocenters. The van der Waals surface area contributed by atoms with Gasteiger partial charge in [-0.25, -0.2) is 0 Å². The van der Waals surface area contributed by atoms with Crippen LogP contribution in [0, 0.1) is 0 Å². The van der Waals surface area contributed by atoms with Crippen LogP contribution in [-0.4, -0.2) is 24.4 Å². The fraction of sp³-hybridized carbons (Fsp3) is 0.143. The van der Waals surface area contributed by atoms with E-state index in [2.05, 4.69) is 0 Å². The number of anilines is 1. The lowest BCUT2D eigenvalue weighted by Crippen LogP contribution is -2.28. The maximum Gasteiger partial charge on any atom is 0.270 e. The second kappa shape index (κ2) is 8.41. The Morgan fingerprint density at radius 1 is 1.11 bits per heavy atom. The van der Waals surface area contributed by atoms with Crippen molar-refractivity contribution in [2.45, 2.75) is 6.92 Å². The zero-order valence-corrected chi connectivity index (χ0v) is 16.9. The number of hydrogen-bond acceptors (Lipinski definition) is 5. The summed E-state index contributed by atoms with van der Waals surface area (Å²) in [6.45, 7) is 1.97. The van der Waals surface area contributed by atoms with E-state index in [1.54, 1.807) is 32.4 Å². The van der Waals surface area contributed by atoms with E-state index in [-0.39, 0.29) is 5.91 Å². The molecule has 6 heteroatoms. The number of thioether (sulfide) groups is 1. The Balaban J connectivity index is 1.90. The monoisotopic (exact) mass is 397 g/mol. The van der Waals surface area contributed by atoms with Crippen LogP contribution in [0.25, 0.3) is 6.08 Å². The van der Waals surface area contributed by atoms with Crippen molar-refractivity contribution in [2.24, 2.45) is 0 Å². The number of nitrogens with zero attached hydrogens (tertiary/aromatic N) is 1. The molecule has 0 unspecified atom stereocenters. The van der Waals surface area contributed by atoms with Crippen molar-refractivity contribution >= 4 is 46.0 Å². The Kier molecular flexibility index (Phi) is 5.98. The van der Waals surface area contributed by atoms with E-state index in [4.69, 9.17) is 21.7 Å². The number of amides is 1. The molecular weight excluding hydrogens is 378 g/mol. The molecule has 0 aliphatic carbocycles. The van der Waals surface area contributed by atoms with Crippen LogP contribution in [0.2, 0.25) is 0 Å². The molecule has 0 spiro atoms. The smallest absolute Gasteiger partial charge is 0.270 e. The Morgan fingerprint density at radius 2 is 1.85 bits per heavy atom. The highest BCUT2D eigenvalue weighted by Crippen LogP contribution is 2.40. The first-order chi connectivity index (χ1) is 13.0. The number of rotatable bonds is 5. The Morgan fingerprint density at radius 3 is 2.52 bits per heavy atom. The fourth-order valence-electron chi connectivity index (χ4n) is 2.71. The molecule has 27 heavy (non-hydrogen) atoms. The molecule has 1 aliphatic rings. The average Bonchev–Trinajstić information content (AvgIpc) is 2.95. The molecule has 1 saturated heterocycles.